The van der Waals surface area contributed by atoms with Crippen LogP contribution in [0.4, 0.5) is 5.69 Å². The van der Waals surface area contributed by atoms with Crippen LogP contribution in [0.2, 0.25) is 0 Å². The summed E-state index contributed by atoms with van der Waals surface area (Å²) >= 11 is 0. The number of ketones is 2. The van der Waals surface area contributed by atoms with Crippen LogP contribution in [-0.2, 0) is 11.2 Å². The molecule has 8 heteroatoms. The zero-order valence-corrected chi connectivity index (χ0v) is 29.0. The van der Waals surface area contributed by atoms with Crippen LogP contribution in [0, 0.1) is 18.8 Å². The van der Waals surface area contributed by atoms with Crippen LogP contribution in [0.3, 0.4) is 0 Å². The highest BCUT2D eigenvalue weighted by Crippen LogP contribution is 2.40. The van der Waals surface area contributed by atoms with Crippen LogP contribution in [0.15, 0.2) is 96.4 Å². The summed E-state index contributed by atoms with van der Waals surface area (Å²) in [6.07, 6.45) is 16.3. The number of aryl methyl sites for hydroxylation is 1. The lowest BCUT2D eigenvalue weighted by atomic mass is 9.86. The number of piperidine rings is 1. The number of allylic oxidation sites excluding steroid dienone is 5. The lowest BCUT2D eigenvalue weighted by Crippen LogP contribution is -2.42. The average molecular weight is 671 g/mol. The summed E-state index contributed by atoms with van der Waals surface area (Å²) in [5.41, 5.74) is 8.67. The number of rotatable bonds is 14. The van der Waals surface area contributed by atoms with Gasteiger partial charge in [0, 0.05) is 66.0 Å². The van der Waals surface area contributed by atoms with E-state index in [2.05, 4.69) is 66.4 Å². The number of anilines is 1. The molecule has 0 amide bonds. The van der Waals surface area contributed by atoms with E-state index < -0.39 is 0 Å². The molecule has 50 heavy (non-hydrogen) atoms. The molecule has 8 nitrogen and oxygen atoms in total. The third-order valence-electron chi connectivity index (χ3n) is 9.94. The predicted octanol–water partition coefficient (Wildman–Crippen LogP) is 8.04. The number of aliphatic hydroxyl groups is 1. The van der Waals surface area contributed by atoms with Crippen LogP contribution >= 0.6 is 0 Å². The van der Waals surface area contributed by atoms with Crippen LogP contribution in [0.25, 0.3) is 11.6 Å². The number of aliphatic imine (C=N–C) groups is 1. The Morgan fingerprint density at radius 1 is 1.16 bits per heavy atom. The number of nitrogens with zero attached hydrogens (tertiary/aromatic N) is 2. The van der Waals surface area contributed by atoms with E-state index in [1.807, 2.05) is 48.7 Å². The first-order valence-corrected chi connectivity index (χ1v) is 17.7. The molecule has 2 aliphatic heterocycles. The normalized spacial score (nSPS) is 19.8. The first kappa shape index (κ1) is 34.9. The maximum atomic E-state index is 13.3. The van der Waals surface area contributed by atoms with E-state index in [9.17, 15) is 14.7 Å². The molecule has 3 heterocycles. The molecule has 258 valence electrons. The minimum Gasteiger partial charge on any atom is -0.438 e. The predicted molar refractivity (Wildman–Crippen MR) is 201 cm³/mol. The van der Waals surface area contributed by atoms with Crippen molar-refractivity contribution in [3.63, 3.8) is 0 Å². The third kappa shape index (κ3) is 7.77. The highest BCUT2D eigenvalue weighted by atomic mass is 16.5. The summed E-state index contributed by atoms with van der Waals surface area (Å²) in [6.45, 7) is 9.00. The maximum absolute atomic E-state index is 13.3. The fourth-order valence-electron chi connectivity index (χ4n) is 7.21. The van der Waals surface area contributed by atoms with E-state index in [4.69, 9.17) is 9.73 Å². The number of aliphatic hydroxyl groups excluding tert-OH is 1. The molecule has 6 rings (SSSR count). The number of hydrogen-bond acceptors (Lipinski definition) is 8. The first-order valence-electron chi connectivity index (χ1n) is 17.7. The van der Waals surface area contributed by atoms with Gasteiger partial charge < -0.3 is 20.5 Å². The van der Waals surface area contributed by atoms with Crippen molar-refractivity contribution in [3.05, 3.63) is 119 Å². The summed E-state index contributed by atoms with van der Waals surface area (Å²) in [7, 11) is 0. The number of carbonyl (C=O) groups is 2. The molecule has 3 N–H and O–H groups in total. The van der Waals surface area contributed by atoms with Crippen molar-refractivity contribution in [1.29, 1.82) is 0 Å². The van der Waals surface area contributed by atoms with E-state index in [-0.39, 0.29) is 36.1 Å². The van der Waals surface area contributed by atoms with Gasteiger partial charge in [-0.3, -0.25) is 14.6 Å². The number of Topliss-reactive ketones (excluding diaryl/α,β-unsaturated/α-hetero) is 2. The quantitative estimate of drug-likeness (QED) is 0.118. The largest absolute Gasteiger partial charge is 0.438 e. The molecule has 0 saturated carbocycles. The Morgan fingerprint density at radius 2 is 2.04 bits per heavy atom. The van der Waals surface area contributed by atoms with Crippen LogP contribution in [-0.4, -0.2) is 46.6 Å². The molecular weight excluding hydrogens is 624 g/mol. The van der Waals surface area contributed by atoms with Crippen molar-refractivity contribution in [2.75, 3.05) is 18.5 Å². The van der Waals surface area contributed by atoms with Crippen molar-refractivity contribution in [2.24, 2.45) is 16.8 Å². The first-order chi connectivity index (χ1) is 24.4. The Balaban J connectivity index is 1.11. The van der Waals surface area contributed by atoms with Crippen molar-refractivity contribution >= 4 is 34.6 Å². The minimum atomic E-state index is -0.0320. The summed E-state index contributed by atoms with van der Waals surface area (Å²) in [6, 6.07) is 15.5. The summed E-state index contributed by atoms with van der Waals surface area (Å²) in [5.74, 6) is 1.45. The van der Waals surface area contributed by atoms with E-state index in [1.165, 1.54) is 0 Å². The fraction of sp³-hybridized carbons (Fsp3) is 0.333. The Bertz CT molecular complexity index is 1870. The lowest BCUT2D eigenvalue weighted by molar-refractivity contribution is -0.124. The van der Waals surface area contributed by atoms with Gasteiger partial charge in [0.25, 0.3) is 0 Å². The van der Waals surface area contributed by atoms with Crippen LogP contribution in [0.5, 0.6) is 11.6 Å². The van der Waals surface area contributed by atoms with Gasteiger partial charge in [-0.2, -0.15) is 0 Å². The SMILES string of the molecule is C=Cc1c(Oc2ccccn2)ccc(C2=CN=C3C(Nc4ccc(C(=O)CCCC(=O)C5CCN[C@H](CO)C5)c(CC)c4)=CCC=CC23)c1C. The van der Waals surface area contributed by atoms with Gasteiger partial charge in [0.15, 0.2) is 5.78 Å². The van der Waals surface area contributed by atoms with Gasteiger partial charge >= 0.3 is 0 Å². The molecule has 0 radical (unpaired) electrons. The van der Waals surface area contributed by atoms with Gasteiger partial charge in [-0.25, -0.2) is 4.98 Å². The molecule has 0 spiro atoms. The highest BCUT2D eigenvalue weighted by molar-refractivity contribution is 6.14. The van der Waals surface area contributed by atoms with Gasteiger partial charge in [-0.15, -0.1) is 0 Å². The van der Waals surface area contributed by atoms with Crippen molar-refractivity contribution in [2.45, 2.75) is 64.8 Å². The molecule has 2 unspecified atom stereocenters. The van der Waals surface area contributed by atoms with Gasteiger partial charge in [-0.1, -0.05) is 49.9 Å². The second-order valence-corrected chi connectivity index (χ2v) is 13.1. The zero-order chi connectivity index (χ0) is 35.0. The topological polar surface area (TPSA) is 113 Å². The molecule has 0 bridgehead atoms. The minimum absolute atomic E-state index is 0.0142. The number of ether oxygens (including phenoxy) is 1. The van der Waals surface area contributed by atoms with Gasteiger partial charge in [0.05, 0.1) is 18.0 Å². The molecule has 1 aliphatic carbocycles. The third-order valence-corrected chi connectivity index (χ3v) is 9.94. The van der Waals surface area contributed by atoms with E-state index in [0.29, 0.717) is 49.3 Å². The standard InChI is InChI=1S/C42H46N4O4/c1-4-28-23-30(16-17-34(28)39(49)14-10-13-38(48)29-20-22-43-31(24-29)26-47)46-37-12-7-6-11-35-36(25-45-42(35)37)33-18-19-40(32(5-2)27(33)3)50-41-15-8-9-21-44-41/h5-6,8-9,11-12,15-19,21,23,25,29,31,35,43,46-47H,2,4,7,10,13-14,20,22,24,26H2,1,3H3/t29?,31-,35?/m0/s1. The Kier molecular flexibility index (Phi) is 11.3. The van der Waals surface area contributed by atoms with Gasteiger partial charge in [0.1, 0.15) is 11.5 Å². The number of nitrogens with one attached hydrogen (secondary N) is 2. The molecule has 1 fully saturated rings. The van der Waals surface area contributed by atoms with Crippen molar-refractivity contribution in [1.82, 2.24) is 10.3 Å². The van der Waals surface area contributed by atoms with Crippen LogP contribution < -0.4 is 15.4 Å². The van der Waals surface area contributed by atoms with E-state index in [0.717, 1.165) is 64.3 Å². The second-order valence-electron chi connectivity index (χ2n) is 13.1. The summed E-state index contributed by atoms with van der Waals surface area (Å²) in [5, 5.41) is 16.3. The number of aromatic nitrogens is 1. The van der Waals surface area contributed by atoms with Crippen molar-refractivity contribution < 1.29 is 19.4 Å². The number of fused-ring (bicyclic) bond motifs is 1. The van der Waals surface area contributed by atoms with E-state index in [1.54, 1.807) is 6.20 Å². The summed E-state index contributed by atoms with van der Waals surface area (Å²) in [4.78, 5) is 35.3. The molecule has 1 saturated heterocycles. The molecular formula is C42H46N4O4. The Labute approximate surface area is 294 Å². The number of benzene rings is 2. The average Bonchev–Trinajstić information content (AvgIpc) is 3.46. The summed E-state index contributed by atoms with van der Waals surface area (Å²) < 4.78 is 6.10. The molecule has 1 aromatic heterocycles. The van der Waals surface area contributed by atoms with E-state index >= 15 is 0 Å². The van der Waals surface area contributed by atoms with Crippen molar-refractivity contribution in [3.8, 4) is 11.6 Å². The van der Waals surface area contributed by atoms with Gasteiger partial charge in [-0.05, 0) is 98.2 Å². The molecule has 3 aromatic rings. The Morgan fingerprint density at radius 3 is 2.82 bits per heavy atom. The number of carbonyl (C=O) groups excluding carboxylic acids is 2. The van der Waals surface area contributed by atoms with Gasteiger partial charge in [0.2, 0.25) is 5.88 Å². The fourth-order valence-corrected chi connectivity index (χ4v) is 7.21. The smallest absolute Gasteiger partial charge is 0.219 e. The van der Waals surface area contributed by atoms with Crippen LogP contribution in [0.1, 0.15) is 78.1 Å². The molecule has 3 aliphatic rings. The Hall–Kier alpha value is -4.92. The zero-order valence-electron chi connectivity index (χ0n) is 29.0. The lowest BCUT2D eigenvalue weighted by Gasteiger charge is -2.28. The maximum Gasteiger partial charge on any atom is 0.219 e. The highest BCUT2D eigenvalue weighted by Gasteiger charge is 2.30. The second kappa shape index (κ2) is 16.2. The molecule has 3 atom stereocenters. The number of pyridine rings is 1. The molecule has 2 aromatic carbocycles. The number of hydrogen-bond donors (Lipinski definition) is 3. The monoisotopic (exact) mass is 670 g/mol.